The molecular formula is C18H15N3OS2. The van der Waals surface area contributed by atoms with Crippen LogP contribution in [0, 0.1) is 11.3 Å². The fourth-order valence-corrected chi connectivity index (χ4v) is 4.19. The van der Waals surface area contributed by atoms with Gasteiger partial charge in [-0.2, -0.15) is 5.26 Å². The van der Waals surface area contributed by atoms with Gasteiger partial charge in [-0.25, -0.2) is 4.98 Å². The van der Waals surface area contributed by atoms with Crippen molar-refractivity contribution in [3.63, 3.8) is 0 Å². The zero-order valence-corrected chi connectivity index (χ0v) is 14.7. The Bertz CT molecular complexity index is 983. The first-order valence-electron chi connectivity index (χ1n) is 7.40. The zero-order chi connectivity index (χ0) is 17.1. The molecule has 0 fully saturated rings. The SMILES string of the molecule is C=CCn1c(SC(C)C#N)nc2scc(-c3ccccc3)c2c1=O. The summed E-state index contributed by atoms with van der Waals surface area (Å²) in [6, 6.07) is 12.0. The second-order valence-electron chi connectivity index (χ2n) is 5.18. The molecule has 2 heterocycles. The number of nitriles is 1. The van der Waals surface area contributed by atoms with E-state index in [-0.39, 0.29) is 10.8 Å². The summed E-state index contributed by atoms with van der Waals surface area (Å²) in [4.78, 5) is 18.4. The van der Waals surface area contributed by atoms with Crippen LogP contribution in [0.25, 0.3) is 21.3 Å². The third-order valence-electron chi connectivity index (χ3n) is 3.52. The van der Waals surface area contributed by atoms with E-state index >= 15 is 0 Å². The number of hydrogen-bond donors (Lipinski definition) is 0. The molecule has 24 heavy (non-hydrogen) atoms. The monoisotopic (exact) mass is 353 g/mol. The van der Waals surface area contributed by atoms with Gasteiger partial charge in [0.15, 0.2) is 5.16 Å². The summed E-state index contributed by atoms with van der Waals surface area (Å²) in [6.45, 7) is 5.89. The summed E-state index contributed by atoms with van der Waals surface area (Å²) in [7, 11) is 0. The van der Waals surface area contributed by atoms with Crippen LogP contribution >= 0.6 is 23.1 Å². The van der Waals surface area contributed by atoms with E-state index in [1.165, 1.54) is 23.1 Å². The molecule has 1 aromatic carbocycles. The highest BCUT2D eigenvalue weighted by molar-refractivity contribution is 8.00. The van der Waals surface area contributed by atoms with Crippen molar-refractivity contribution in [1.82, 2.24) is 9.55 Å². The highest BCUT2D eigenvalue weighted by Crippen LogP contribution is 2.32. The van der Waals surface area contributed by atoms with Gasteiger partial charge >= 0.3 is 0 Å². The number of thiophene rings is 1. The van der Waals surface area contributed by atoms with E-state index in [1.54, 1.807) is 17.6 Å². The number of nitrogens with zero attached hydrogens (tertiary/aromatic N) is 3. The van der Waals surface area contributed by atoms with Crippen molar-refractivity contribution in [3.8, 4) is 17.2 Å². The van der Waals surface area contributed by atoms with Crippen LogP contribution in [0.3, 0.4) is 0 Å². The highest BCUT2D eigenvalue weighted by atomic mass is 32.2. The Balaban J connectivity index is 2.25. The van der Waals surface area contributed by atoms with E-state index in [2.05, 4.69) is 17.6 Å². The van der Waals surface area contributed by atoms with Gasteiger partial charge in [-0.3, -0.25) is 9.36 Å². The Kier molecular flexibility index (Phi) is 4.84. The molecular weight excluding hydrogens is 338 g/mol. The number of allylic oxidation sites excluding steroid dienone is 1. The van der Waals surface area contributed by atoms with Gasteiger partial charge in [-0.05, 0) is 12.5 Å². The Morgan fingerprint density at radius 2 is 2.21 bits per heavy atom. The van der Waals surface area contributed by atoms with E-state index in [9.17, 15) is 4.79 Å². The minimum Gasteiger partial charge on any atom is -0.283 e. The molecule has 0 spiro atoms. The van der Waals surface area contributed by atoms with Gasteiger partial charge in [0, 0.05) is 17.5 Å². The maximum Gasteiger partial charge on any atom is 0.263 e. The van der Waals surface area contributed by atoms with Crippen molar-refractivity contribution < 1.29 is 0 Å². The topological polar surface area (TPSA) is 58.7 Å². The quantitative estimate of drug-likeness (QED) is 0.389. The lowest BCUT2D eigenvalue weighted by molar-refractivity contribution is 0.672. The number of benzene rings is 1. The second-order valence-corrected chi connectivity index (χ2v) is 7.35. The maximum atomic E-state index is 13.0. The van der Waals surface area contributed by atoms with Crippen LogP contribution in [-0.2, 0) is 6.54 Å². The molecule has 3 rings (SSSR count). The first kappa shape index (κ1) is 16.5. The summed E-state index contributed by atoms with van der Waals surface area (Å²) in [6.07, 6.45) is 1.67. The normalized spacial score (nSPS) is 12.0. The van der Waals surface area contributed by atoms with Crippen molar-refractivity contribution in [1.29, 1.82) is 5.26 Å². The third kappa shape index (κ3) is 3.01. The van der Waals surface area contributed by atoms with Crippen molar-refractivity contribution >= 4 is 33.3 Å². The van der Waals surface area contributed by atoms with Crippen LogP contribution in [0.1, 0.15) is 6.92 Å². The first-order chi connectivity index (χ1) is 11.7. The number of rotatable bonds is 5. The van der Waals surface area contributed by atoms with Crippen molar-refractivity contribution in [3.05, 3.63) is 58.7 Å². The highest BCUT2D eigenvalue weighted by Gasteiger charge is 2.18. The number of thioether (sulfide) groups is 1. The maximum absolute atomic E-state index is 13.0. The summed E-state index contributed by atoms with van der Waals surface area (Å²) in [5.41, 5.74) is 1.81. The van der Waals surface area contributed by atoms with Gasteiger partial charge in [0.05, 0.1) is 16.7 Å². The third-order valence-corrected chi connectivity index (χ3v) is 5.37. The van der Waals surface area contributed by atoms with Gasteiger partial charge < -0.3 is 0 Å². The molecule has 0 aliphatic rings. The fraction of sp³-hybridized carbons (Fsp3) is 0.167. The van der Waals surface area contributed by atoms with Gasteiger partial charge in [-0.15, -0.1) is 17.9 Å². The Morgan fingerprint density at radius 1 is 1.46 bits per heavy atom. The van der Waals surface area contributed by atoms with E-state index in [0.29, 0.717) is 21.9 Å². The standard InChI is InChI=1S/C18H15N3OS2/c1-3-9-21-17(22)15-14(13-7-5-4-6-8-13)11-23-16(15)20-18(21)24-12(2)10-19/h3-8,11-12H,1,9H2,2H3. The molecule has 1 atom stereocenters. The lowest BCUT2D eigenvalue weighted by atomic mass is 10.1. The van der Waals surface area contributed by atoms with Crippen LogP contribution < -0.4 is 5.56 Å². The van der Waals surface area contributed by atoms with Crippen molar-refractivity contribution in [2.45, 2.75) is 23.9 Å². The molecule has 1 unspecified atom stereocenters. The van der Waals surface area contributed by atoms with E-state index in [0.717, 1.165) is 11.1 Å². The number of fused-ring (bicyclic) bond motifs is 1. The van der Waals surface area contributed by atoms with Crippen molar-refractivity contribution in [2.24, 2.45) is 0 Å². The summed E-state index contributed by atoms with van der Waals surface area (Å²) in [5, 5.41) is 11.9. The number of hydrogen-bond acceptors (Lipinski definition) is 5. The number of aromatic nitrogens is 2. The van der Waals surface area contributed by atoms with Crippen molar-refractivity contribution in [2.75, 3.05) is 0 Å². The molecule has 2 aromatic heterocycles. The van der Waals surface area contributed by atoms with Crippen LogP contribution in [0.4, 0.5) is 0 Å². The van der Waals surface area contributed by atoms with Crippen LogP contribution in [0.5, 0.6) is 0 Å². The molecule has 0 bridgehead atoms. The summed E-state index contributed by atoms with van der Waals surface area (Å²) < 4.78 is 1.59. The van der Waals surface area contributed by atoms with Gasteiger partial charge in [0.25, 0.3) is 5.56 Å². The molecule has 0 N–H and O–H groups in total. The van der Waals surface area contributed by atoms with Gasteiger partial charge in [-0.1, -0.05) is 48.2 Å². The molecule has 120 valence electrons. The predicted octanol–water partition coefficient (Wildman–Crippen LogP) is 4.32. The molecule has 0 saturated heterocycles. The molecule has 3 aromatic rings. The van der Waals surface area contributed by atoms with Gasteiger partial charge in [0.1, 0.15) is 4.83 Å². The lowest BCUT2D eigenvalue weighted by Crippen LogP contribution is -2.23. The molecule has 0 saturated carbocycles. The average molecular weight is 353 g/mol. The zero-order valence-electron chi connectivity index (χ0n) is 13.1. The van der Waals surface area contributed by atoms with E-state index in [4.69, 9.17) is 5.26 Å². The lowest BCUT2D eigenvalue weighted by Gasteiger charge is -2.11. The molecule has 0 radical (unpaired) electrons. The van der Waals surface area contributed by atoms with Gasteiger partial charge in [0.2, 0.25) is 0 Å². The Hall–Kier alpha value is -2.36. The smallest absolute Gasteiger partial charge is 0.263 e. The molecule has 4 nitrogen and oxygen atoms in total. The van der Waals surface area contributed by atoms with E-state index in [1.807, 2.05) is 35.7 Å². The second kappa shape index (κ2) is 7.04. The fourth-order valence-electron chi connectivity index (χ4n) is 2.40. The Morgan fingerprint density at radius 3 is 2.88 bits per heavy atom. The average Bonchev–Trinajstić information content (AvgIpc) is 3.03. The minimum absolute atomic E-state index is 0.0901. The molecule has 0 aliphatic carbocycles. The summed E-state index contributed by atoms with van der Waals surface area (Å²) in [5.74, 6) is 0. The van der Waals surface area contributed by atoms with Crippen LogP contribution in [0.2, 0.25) is 0 Å². The molecule has 6 heteroatoms. The van der Waals surface area contributed by atoms with E-state index < -0.39 is 0 Å². The largest absolute Gasteiger partial charge is 0.283 e. The van der Waals surface area contributed by atoms with Crippen LogP contribution in [0.15, 0.2) is 58.3 Å². The minimum atomic E-state index is -0.279. The summed E-state index contributed by atoms with van der Waals surface area (Å²) >= 11 is 2.75. The van der Waals surface area contributed by atoms with Crippen LogP contribution in [-0.4, -0.2) is 14.8 Å². The molecule has 0 aliphatic heterocycles. The predicted molar refractivity (Wildman–Crippen MR) is 100 cm³/mol. The molecule has 0 amide bonds. The Labute approximate surface area is 148 Å². The first-order valence-corrected chi connectivity index (χ1v) is 9.16.